The van der Waals surface area contributed by atoms with Crippen LogP contribution < -0.4 is 9.47 Å². The van der Waals surface area contributed by atoms with E-state index in [1.807, 2.05) is 24.3 Å². The van der Waals surface area contributed by atoms with Gasteiger partial charge in [0, 0.05) is 26.8 Å². The predicted octanol–water partition coefficient (Wildman–Crippen LogP) is 4.68. The fraction of sp³-hybridized carbons (Fsp3) is 0.440. The lowest BCUT2D eigenvalue weighted by Crippen LogP contribution is -2.27. The van der Waals surface area contributed by atoms with E-state index in [1.54, 1.807) is 41.2 Å². The lowest BCUT2D eigenvalue weighted by atomic mass is 9.87. The molecule has 170 valence electrons. The molecule has 0 aliphatic rings. The average Bonchev–Trinajstić information content (AvgIpc) is 3.21. The number of hydrogen-bond acceptors (Lipinski definition) is 6. The molecule has 1 aromatic carbocycles. The Labute approximate surface area is 185 Å². The molecule has 0 spiro atoms. The van der Waals surface area contributed by atoms with Crippen molar-refractivity contribution in [3.05, 3.63) is 71.7 Å². The number of nitrogens with zero attached hydrogens (tertiary/aromatic N) is 1. The Balaban J connectivity index is 2.23. The molecule has 0 aliphatic heterocycles. The third-order valence-electron chi connectivity index (χ3n) is 5.31. The first kappa shape index (κ1) is 24.7. The summed E-state index contributed by atoms with van der Waals surface area (Å²) in [5.74, 6) is 2.59. The fourth-order valence-electron chi connectivity index (χ4n) is 3.55. The first-order valence-electron chi connectivity index (χ1n) is 10.3. The van der Waals surface area contributed by atoms with Crippen molar-refractivity contribution in [3.63, 3.8) is 0 Å². The monoisotopic (exact) mass is 429 g/mol. The number of ether oxygens (including phenoxy) is 3. The van der Waals surface area contributed by atoms with Gasteiger partial charge in [0.25, 0.3) is 0 Å². The standard InChI is InChI=1S/C25H35NO5/c1-18(2)25(27,19(3)4)24-12-10-21(31-24)17-26(13-8-14-28-5)16-20-9-11-22(29-6)23(15-20)30-7/h9-12,15,27H,1,3,8,13-14,16-17H2,2,4-7H3. The van der Waals surface area contributed by atoms with Gasteiger partial charge in [-0.2, -0.15) is 0 Å². The highest BCUT2D eigenvalue weighted by Crippen LogP contribution is 2.36. The molecule has 0 atom stereocenters. The molecule has 0 fully saturated rings. The van der Waals surface area contributed by atoms with Crippen molar-refractivity contribution in [2.24, 2.45) is 0 Å². The molecule has 0 aliphatic carbocycles. The van der Waals surface area contributed by atoms with Crippen molar-refractivity contribution < 1.29 is 23.7 Å². The Morgan fingerprint density at radius 1 is 1.00 bits per heavy atom. The van der Waals surface area contributed by atoms with E-state index in [2.05, 4.69) is 18.1 Å². The van der Waals surface area contributed by atoms with E-state index in [-0.39, 0.29) is 0 Å². The van der Waals surface area contributed by atoms with Crippen molar-refractivity contribution >= 4 is 0 Å². The molecule has 1 heterocycles. The fourth-order valence-corrected chi connectivity index (χ4v) is 3.55. The van der Waals surface area contributed by atoms with Crippen LogP contribution in [0.5, 0.6) is 11.5 Å². The molecule has 1 N–H and O–H groups in total. The molecule has 0 amide bonds. The third-order valence-corrected chi connectivity index (χ3v) is 5.31. The Hall–Kier alpha value is -2.54. The minimum absolute atomic E-state index is 0.436. The molecule has 31 heavy (non-hydrogen) atoms. The van der Waals surface area contributed by atoms with Crippen molar-refractivity contribution in [2.45, 2.75) is 39.0 Å². The zero-order valence-corrected chi connectivity index (χ0v) is 19.4. The number of aliphatic hydroxyl groups is 1. The molecule has 2 aromatic rings. The lowest BCUT2D eigenvalue weighted by molar-refractivity contribution is 0.0874. The van der Waals surface area contributed by atoms with Gasteiger partial charge in [-0.3, -0.25) is 4.90 Å². The van der Waals surface area contributed by atoms with Crippen LogP contribution in [0, 0.1) is 0 Å². The van der Waals surface area contributed by atoms with Crippen LogP contribution in [-0.2, 0) is 23.4 Å². The van der Waals surface area contributed by atoms with Crippen LogP contribution in [0.25, 0.3) is 0 Å². The van der Waals surface area contributed by atoms with Gasteiger partial charge in [-0.15, -0.1) is 0 Å². The van der Waals surface area contributed by atoms with E-state index in [4.69, 9.17) is 18.6 Å². The maximum Gasteiger partial charge on any atom is 0.163 e. The molecule has 0 radical (unpaired) electrons. The summed E-state index contributed by atoms with van der Waals surface area (Å²) in [7, 11) is 4.96. The van der Waals surface area contributed by atoms with E-state index in [9.17, 15) is 5.11 Å². The Kier molecular flexibility index (Phi) is 8.92. The maximum absolute atomic E-state index is 11.1. The van der Waals surface area contributed by atoms with Gasteiger partial charge in [0.1, 0.15) is 11.5 Å². The molecule has 2 rings (SSSR count). The topological polar surface area (TPSA) is 64.3 Å². The molecular formula is C25H35NO5. The molecule has 1 aromatic heterocycles. The van der Waals surface area contributed by atoms with Crippen LogP contribution in [-0.4, -0.2) is 44.5 Å². The molecule has 0 unspecified atom stereocenters. The smallest absolute Gasteiger partial charge is 0.163 e. The van der Waals surface area contributed by atoms with Crippen LogP contribution in [0.1, 0.15) is 37.4 Å². The highest BCUT2D eigenvalue weighted by Gasteiger charge is 2.35. The van der Waals surface area contributed by atoms with Crippen molar-refractivity contribution in [1.82, 2.24) is 4.90 Å². The van der Waals surface area contributed by atoms with Crippen LogP contribution in [0.2, 0.25) is 0 Å². The molecule has 0 saturated heterocycles. The van der Waals surface area contributed by atoms with Gasteiger partial charge in [0.05, 0.1) is 20.8 Å². The highest BCUT2D eigenvalue weighted by molar-refractivity contribution is 5.43. The summed E-state index contributed by atoms with van der Waals surface area (Å²) in [4.78, 5) is 2.27. The second kappa shape index (κ2) is 11.2. The predicted molar refractivity (Wildman–Crippen MR) is 122 cm³/mol. The van der Waals surface area contributed by atoms with Gasteiger partial charge in [-0.25, -0.2) is 0 Å². The molecular weight excluding hydrogens is 394 g/mol. The maximum atomic E-state index is 11.1. The third kappa shape index (κ3) is 6.00. The summed E-state index contributed by atoms with van der Waals surface area (Å²) in [5.41, 5.74) is 0.872. The van der Waals surface area contributed by atoms with E-state index < -0.39 is 5.60 Å². The highest BCUT2D eigenvalue weighted by atomic mass is 16.5. The number of hydrogen-bond donors (Lipinski definition) is 1. The summed E-state index contributed by atoms with van der Waals surface area (Å²) >= 11 is 0. The van der Waals surface area contributed by atoms with Gasteiger partial charge < -0.3 is 23.7 Å². The average molecular weight is 430 g/mol. The Bertz CT molecular complexity index is 872. The Morgan fingerprint density at radius 3 is 2.26 bits per heavy atom. The number of furan rings is 1. The first-order chi connectivity index (χ1) is 14.8. The summed E-state index contributed by atoms with van der Waals surface area (Å²) in [5, 5.41) is 11.1. The molecule has 0 saturated carbocycles. The summed E-state index contributed by atoms with van der Waals surface area (Å²) in [6.45, 7) is 14.1. The first-order valence-corrected chi connectivity index (χ1v) is 10.3. The van der Waals surface area contributed by atoms with Crippen LogP contribution in [0.4, 0.5) is 0 Å². The van der Waals surface area contributed by atoms with Crippen LogP contribution in [0.3, 0.4) is 0 Å². The minimum Gasteiger partial charge on any atom is -0.493 e. The molecule has 6 heteroatoms. The van der Waals surface area contributed by atoms with Gasteiger partial charge in [0.15, 0.2) is 17.1 Å². The van der Waals surface area contributed by atoms with Gasteiger partial charge in [-0.1, -0.05) is 19.2 Å². The van der Waals surface area contributed by atoms with Crippen LogP contribution >= 0.6 is 0 Å². The lowest BCUT2D eigenvalue weighted by Gasteiger charge is -2.27. The largest absolute Gasteiger partial charge is 0.493 e. The van der Waals surface area contributed by atoms with Crippen molar-refractivity contribution in [2.75, 3.05) is 34.5 Å². The zero-order valence-electron chi connectivity index (χ0n) is 19.4. The summed E-state index contributed by atoms with van der Waals surface area (Å²) in [6, 6.07) is 9.61. The Morgan fingerprint density at radius 2 is 1.68 bits per heavy atom. The zero-order chi connectivity index (χ0) is 23.0. The van der Waals surface area contributed by atoms with Crippen molar-refractivity contribution in [3.8, 4) is 11.5 Å². The summed E-state index contributed by atoms with van der Waals surface area (Å²) in [6.07, 6.45) is 0.888. The number of benzene rings is 1. The normalized spacial score (nSPS) is 11.6. The SMILES string of the molecule is C=C(C)C(O)(C(=C)C)c1ccc(CN(CCCOC)Cc2ccc(OC)c(OC)c2)o1. The van der Waals surface area contributed by atoms with Crippen molar-refractivity contribution in [1.29, 1.82) is 0 Å². The molecule has 6 nitrogen and oxygen atoms in total. The van der Waals surface area contributed by atoms with Gasteiger partial charge in [-0.05, 0) is 61.2 Å². The second-order valence-corrected chi connectivity index (χ2v) is 7.78. The quantitative estimate of drug-likeness (QED) is 0.369. The van der Waals surface area contributed by atoms with Gasteiger partial charge in [0.2, 0.25) is 0 Å². The number of rotatable bonds is 13. The van der Waals surface area contributed by atoms with E-state index in [0.717, 1.165) is 24.3 Å². The van der Waals surface area contributed by atoms with E-state index in [0.29, 0.717) is 48.1 Å². The van der Waals surface area contributed by atoms with E-state index >= 15 is 0 Å². The van der Waals surface area contributed by atoms with Gasteiger partial charge >= 0.3 is 0 Å². The number of methoxy groups -OCH3 is 3. The minimum atomic E-state index is -1.37. The summed E-state index contributed by atoms with van der Waals surface area (Å²) < 4.78 is 22.0. The van der Waals surface area contributed by atoms with E-state index in [1.165, 1.54) is 0 Å². The van der Waals surface area contributed by atoms with Crippen LogP contribution in [0.15, 0.2) is 59.1 Å². The molecule has 0 bridgehead atoms. The second-order valence-electron chi connectivity index (χ2n) is 7.78.